The predicted octanol–water partition coefficient (Wildman–Crippen LogP) is 2.47. The average molecular weight is 246 g/mol. The molecule has 0 aliphatic rings. The number of hydrogen-bond donors (Lipinski definition) is 1. The smallest absolute Gasteiger partial charge is 0.196 e. The van der Waals surface area contributed by atoms with Crippen molar-refractivity contribution in [2.24, 2.45) is 5.73 Å². The number of nitrogens with zero attached hydrogens (tertiary/aromatic N) is 1. The zero-order valence-corrected chi connectivity index (χ0v) is 11.0. The van der Waals surface area contributed by atoms with Crippen molar-refractivity contribution in [3.8, 4) is 17.1 Å². The monoisotopic (exact) mass is 246 g/mol. The van der Waals surface area contributed by atoms with E-state index in [4.69, 9.17) is 14.9 Å². The minimum absolute atomic E-state index is 0.542. The van der Waals surface area contributed by atoms with Gasteiger partial charge in [-0.25, -0.2) is 4.98 Å². The normalized spacial score (nSPS) is 10.7. The molecule has 4 heteroatoms. The first-order chi connectivity index (χ1) is 8.67. The van der Waals surface area contributed by atoms with E-state index in [0.29, 0.717) is 18.9 Å². The Morgan fingerprint density at radius 1 is 1.28 bits per heavy atom. The van der Waals surface area contributed by atoms with Crippen LogP contribution in [0.4, 0.5) is 0 Å². The molecule has 0 radical (unpaired) electrons. The van der Waals surface area contributed by atoms with Gasteiger partial charge >= 0.3 is 0 Å². The molecule has 0 atom stereocenters. The molecular formula is C14H18N2O2. The second kappa shape index (κ2) is 5.23. The van der Waals surface area contributed by atoms with Crippen molar-refractivity contribution >= 4 is 0 Å². The standard InChI is InChI=1S/C14H18N2O2/c1-9-10(2)12(17-3)5-4-11(9)13-8-16-14(18-13)6-7-15/h4-5,8H,6-7,15H2,1-3H3. The maximum Gasteiger partial charge on any atom is 0.196 e. The molecule has 0 spiro atoms. The van der Waals surface area contributed by atoms with Gasteiger partial charge in [-0.15, -0.1) is 0 Å². The summed E-state index contributed by atoms with van der Waals surface area (Å²) in [5.74, 6) is 2.35. The summed E-state index contributed by atoms with van der Waals surface area (Å²) >= 11 is 0. The maximum absolute atomic E-state index is 5.69. The molecular weight excluding hydrogens is 228 g/mol. The SMILES string of the molecule is COc1ccc(-c2cnc(CCN)o2)c(C)c1C. The molecule has 0 aliphatic heterocycles. The summed E-state index contributed by atoms with van der Waals surface area (Å²) in [7, 11) is 1.68. The highest BCUT2D eigenvalue weighted by atomic mass is 16.5. The second-order valence-electron chi connectivity index (χ2n) is 4.22. The molecule has 0 unspecified atom stereocenters. The van der Waals surface area contributed by atoms with Crippen LogP contribution in [-0.2, 0) is 6.42 Å². The van der Waals surface area contributed by atoms with Crippen molar-refractivity contribution in [3.05, 3.63) is 35.3 Å². The fourth-order valence-corrected chi connectivity index (χ4v) is 1.96. The van der Waals surface area contributed by atoms with Gasteiger partial charge in [0.2, 0.25) is 0 Å². The van der Waals surface area contributed by atoms with Crippen LogP contribution in [0.3, 0.4) is 0 Å². The van der Waals surface area contributed by atoms with Gasteiger partial charge in [-0.3, -0.25) is 0 Å². The summed E-state index contributed by atoms with van der Waals surface area (Å²) in [5, 5.41) is 0. The molecule has 2 aromatic rings. The van der Waals surface area contributed by atoms with Gasteiger partial charge in [-0.2, -0.15) is 0 Å². The maximum atomic E-state index is 5.69. The highest BCUT2D eigenvalue weighted by molar-refractivity contribution is 5.65. The van der Waals surface area contributed by atoms with Crippen molar-refractivity contribution in [1.29, 1.82) is 0 Å². The first kappa shape index (κ1) is 12.6. The Morgan fingerprint density at radius 2 is 2.06 bits per heavy atom. The summed E-state index contributed by atoms with van der Waals surface area (Å²) in [6.07, 6.45) is 2.41. The first-order valence-electron chi connectivity index (χ1n) is 5.96. The Kier molecular flexibility index (Phi) is 3.67. The van der Waals surface area contributed by atoms with Gasteiger partial charge in [0, 0.05) is 18.5 Å². The van der Waals surface area contributed by atoms with Gasteiger partial charge in [-0.1, -0.05) is 0 Å². The third kappa shape index (κ3) is 2.24. The predicted molar refractivity (Wildman–Crippen MR) is 70.7 cm³/mol. The van der Waals surface area contributed by atoms with Crippen molar-refractivity contribution in [3.63, 3.8) is 0 Å². The molecule has 96 valence electrons. The molecule has 1 aromatic carbocycles. The van der Waals surface area contributed by atoms with E-state index in [9.17, 15) is 0 Å². The Labute approximate surface area is 107 Å². The van der Waals surface area contributed by atoms with E-state index < -0.39 is 0 Å². The number of ether oxygens (including phenoxy) is 1. The fraction of sp³-hybridized carbons (Fsp3) is 0.357. The Balaban J connectivity index is 2.41. The molecule has 0 fully saturated rings. The van der Waals surface area contributed by atoms with E-state index in [2.05, 4.69) is 11.9 Å². The lowest BCUT2D eigenvalue weighted by atomic mass is 10.0. The number of rotatable bonds is 4. The van der Waals surface area contributed by atoms with Crippen LogP contribution in [0.5, 0.6) is 5.75 Å². The summed E-state index contributed by atoms with van der Waals surface area (Å²) in [6.45, 7) is 4.63. The third-order valence-electron chi connectivity index (χ3n) is 3.13. The van der Waals surface area contributed by atoms with Crippen molar-refractivity contribution in [2.45, 2.75) is 20.3 Å². The highest BCUT2D eigenvalue weighted by Crippen LogP contribution is 2.31. The van der Waals surface area contributed by atoms with Gasteiger partial charge in [0.25, 0.3) is 0 Å². The number of nitrogens with two attached hydrogens (primary N) is 1. The Morgan fingerprint density at radius 3 is 2.72 bits per heavy atom. The molecule has 0 bridgehead atoms. The van der Waals surface area contributed by atoms with Gasteiger partial charge in [0.15, 0.2) is 11.7 Å². The molecule has 1 aromatic heterocycles. The zero-order valence-electron chi connectivity index (χ0n) is 11.0. The number of aromatic nitrogens is 1. The Bertz CT molecular complexity index is 547. The van der Waals surface area contributed by atoms with Crippen LogP contribution < -0.4 is 10.5 Å². The molecule has 0 aliphatic carbocycles. The summed E-state index contributed by atoms with van der Waals surface area (Å²) in [4.78, 5) is 4.22. The summed E-state index contributed by atoms with van der Waals surface area (Å²) in [5.41, 5.74) is 8.79. The van der Waals surface area contributed by atoms with Crippen LogP contribution in [-0.4, -0.2) is 18.6 Å². The molecule has 2 N–H and O–H groups in total. The number of methoxy groups -OCH3 is 1. The van der Waals surface area contributed by atoms with E-state index in [0.717, 1.165) is 28.2 Å². The quantitative estimate of drug-likeness (QED) is 0.900. The van der Waals surface area contributed by atoms with E-state index >= 15 is 0 Å². The lowest BCUT2D eigenvalue weighted by Crippen LogP contribution is -2.02. The van der Waals surface area contributed by atoms with E-state index in [1.807, 2.05) is 19.1 Å². The van der Waals surface area contributed by atoms with Crippen molar-refractivity contribution in [1.82, 2.24) is 4.98 Å². The van der Waals surface area contributed by atoms with Gasteiger partial charge < -0.3 is 14.9 Å². The average Bonchev–Trinajstić information content (AvgIpc) is 2.81. The number of benzene rings is 1. The topological polar surface area (TPSA) is 61.3 Å². The van der Waals surface area contributed by atoms with Gasteiger partial charge in [0.05, 0.1) is 13.3 Å². The van der Waals surface area contributed by atoms with Crippen LogP contribution in [0, 0.1) is 13.8 Å². The van der Waals surface area contributed by atoms with Crippen LogP contribution in [0.2, 0.25) is 0 Å². The number of oxazole rings is 1. The molecule has 18 heavy (non-hydrogen) atoms. The summed E-state index contributed by atoms with van der Waals surface area (Å²) < 4.78 is 11.0. The van der Waals surface area contributed by atoms with Crippen LogP contribution in [0.1, 0.15) is 17.0 Å². The first-order valence-corrected chi connectivity index (χ1v) is 5.96. The van der Waals surface area contributed by atoms with E-state index in [1.54, 1.807) is 13.3 Å². The summed E-state index contributed by atoms with van der Waals surface area (Å²) in [6, 6.07) is 3.94. The minimum Gasteiger partial charge on any atom is -0.496 e. The lowest BCUT2D eigenvalue weighted by Gasteiger charge is -2.10. The lowest BCUT2D eigenvalue weighted by molar-refractivity contribution is 0.411. The van der Waals surface area contributed by atoms with Crippen molar-refractivity contribution in [2.75, 3.05) is 13.7 Å². The number of hydrogen-bond acceptors (Lipinski definition) is 4. The largest absolute Gasteiger partial charge is 0.496 e. The minimum atomic E-state index is 0.542. The second-order valence-corrected chi connectivity index (χ2v) is 4.22. The Hall–Kier alpha value is -1.81. The van der Waals surface area contributed by atoms with Crippen LogP contribution in [0.25, 0.3) is 11.3 Å². The van der Waals surface area contributed by atoms with Gasteiger partial charge in [0.1, 0.15) is 5.75 Å². The molecule has 4 nitrogen and oxygen atoms in total. The van der Waals surface area contributed by atoms with E-state index in [-0.39, 0.29) is 0 Å². The van der Waals surface area contributed by atoms with Gasteiger partial charge in [-0.05, 0) is 37.1 Å². The molecule has 2 rings (SSSR count). The van der Waals surface area contributed by atoms with Crippen LogP contribution >= 0.6 is 0 Å². The molecule has 0 amide bonds. The van der Waals surface area contributed by atoms with E-state index in [1.165, 1.54) is 0 Å². The zero-order chi connectivity index (χ0) is 13.1. The highest BCUT2D eigenvalue weighted by Gasteiger charge is 2.12. The molecule has 0 saturated carbocycles. The molecule has 0 saturated heterocycles. The molecule has 1 heterocycles. The van der Waals surface area contributed by atoms with Crippen molar-refractivity contribution < 1.29 is 9.15 Å². The third-order valence-corrected chi connectivity index (χ3v) is 3.13. The van der Waals surface area contributed by atoms with Crippen LogP contribution in [0.15, 0.2) is 22.7 Å². The fourth-order valence-electron chi connectivity index (χ4n) is 1.96.